The third-order valence-corrected chi connectivity index (χ3v) is 12.4. The van der Waals surface area contributed by atoms with Gasteiger partial charge in [0.15, 0.2) is 23.0 Å². The molecule has 3 N–H and O–H groups in total. The topological polar surface area (TPSA) is 169 Å². The molecule has 2 amide bonds. The monoisotopic (exact) mass is 807 g/mol. The lowest BCUT2D eigenvalue weighted by atomic mass is 9.43. The van der Waals surface area contributed by atoms with Gasteiger partial charge in [0.25, 0.3) is 0 Å². The Balaban J connectivity index is 0.905. The van der Waals surface area contributed by atoms with Crippen molar-refractivity contribution in [3.63, 3.8) is 0 Å². The number of rotatable bonds is 17. The molecule has 1 heterocycles. The van der Waals surface area contributed by atoms with Crippen LogP contribution in [0.4, 0.5) is 9.59 Å². The van der Waals surface area contributed by atoms with Gasteiger partial charge in [0, 0.05) is 38.0 Å². The zero-order valence-corrected chi connectivity index (χ0v) is 35.2. The number of benzene rings is 2. The highest BCUT2D eigenvalue weighted by Crippen LogP contribution is 2.66. The van der Waals surface area contributed by atoms with Crippen LogP contribution in [0, 0.1) is 34.0 Å². The number of amides is 2. The Morgan fingerprint density at radius 3 is 2.07 bits per heavy atom. The Kier molecular flexibility index (Phi) is 12.7. The molecule has 0 spiro atoms. The molecule has 7 rings (SSSR count). The number of ether oxygens (including phenoxy) is 7. The van der Waals surface area contributed by atoms with Crippen LogP contribution in [0.25, 0.3) is 0 Å². The second-order valence-electron chi connectivity index (χ2n) is 18.4. The minimum absolute atomic E-state index is 0.0393. The Hall–Kier alpha value is -4.72. The van der Waals surface area contributed by atoms with Gasteiger partial charge in [-0.3, -0.25) is 9.59 Å². The number of carbonyl (C=O) groups excluding carboxylic acids is 4. The normalized spacial score (nSPS) is 27.6. The molecule has 4 bridgehead atoms. The van der Waals surface area contributed by atoms with E-state index >= 15 is 0 Å². The van der Waals surface area contributed by atoms with E-state index in [0.717, 1.165) is 30.4 Å². The SMILES string of the molecule is COc1ccc(C[C@H]2COC(=O)[C@@H]2Cc2ccc(OC(=O)NCCNCC(C)(C)C(=O)OC(C)OC(=O)NC34CC5CC(C)(CC(C)(C5)C3)C4)c(OC)c2)cc1OC. The van der Waals surface area contributed by atoms with E-state index in [2.05, 4.69) is 29.8 Å². The average molecular weight is 808 g/mol. The first-order valence-electron chi connectivity index (χ1n) is 20.4. The van der Waals surface area contributed by atoms with Crippen LogP contribution < -0.4 is 34.9 Å². The number of esters is 2. The lowest BCUT2D eigenvalue weighted by molar-refractivity contribution is -0.176. The quantitative estimate of drug-likeness (QED) is 0.0921. The summed E-state index contributed by atoms with van der Waals surface area (Å²) in [5.41, 5.74) is 1.12. The first-order valence-corrected chi connectivity index (χ1v) is 20.4. The Bertz CT molecular complexity index is 1830. The maximum Gasteiger partial charge on any atom is 0.412 e. The molecule has 4 saturated carbocycles. The van der Waals surface area contributed by atoms with Gasteiger partial charge in [0.2, 0.25) is 6.29 Å². The number of carbonyl (C=O) groups is 4. The van der Waals surface area contributed by atoms with Crippen LogP contribution in [0.3, 0.4) is 0 Å². The molecule has 2 aromatic carbocycles. The molecule has 14 nitrogen and oxygen atoms in total. The first-order chi connectivity index (χ1) is 27.5. The van der Waals surface area contributed by atoms with Gasteiger partial charge >= 0.3 is 24.1 Å². The van der Waals surface area contributed by atoms with E-state index in [4.69, 9.17) is 33.2 Å². The fraction of sp³-hybridized carbons (Fsp3) is 0.636. The van der Waals surface area contributed by atoms with E-state index in [0.29, 0.717) is 49.2 Å². The highest BCUT2D eigenvalue weighted by atomic mass is 16.7. The molecule has 5 fully saturated rings. The maximum absolute atomic E-state index is 13.0. The summed E-state index contributed by atoms with van der Waals surface area (Å²) < 4.78 is 38.4. The smallest absolute Gasteiger partial charge is 0.412 e. The summed E-state index contributed by atoms with van der Waals surface area (Å²) in [6.07, 6.45) is 5.28. The van der Waals surface area contributed by atoms with E-state index in [1.165, 1.54) is 26.4 Å². The van der Waals surface area contributed by atoms with Crippen LogP contribution in [-0.2, 0) is 36.6 Å². The van der Waals surface area contributed by atoms with Crippen molar-refractivity contribution >= 4 is 24.1 Å². The van der Waals surface area contributed by atoms with Crippen molar-refractivity contribution in [2.45, 2.75) is 97.8 Å². The first kappa shape index (κ1) is 42.9. The van der Waals surface area contributed by atoms with Gasteiger partial charge in [-0.05, 0) is 117 Å². The fourth-order valence-electron chi connectivity index (χ4n) is 10.7. The van der Waals surface area contributed by atoms with Crippen LogP contribution >= 0.6 is 0 Å². The van der Waals surface area contributed by atoms with Crippen molar-refractivity contribution in [1.29, 1.82) is 0 Å². The van der Waals surface area contributed by atoms with E-state index in [-0.39, 0.29) is 53.0 Å². The minimum atomic E-state index is -1.05. The second-order valence-corrected chi connectivity index (χ2v) is 18.4. The highest BCUT2D eigenvalue weighted by molar-refractivity contribution is 5.77. The molecule has 5 aliphatic rings. The van der Waals surface area contributed by atoms with Gasteiger partial charge in [-0.25, -0.2) is 9.59 Å². The zero-order chi connectivity index (χ0) is 41.9. The van der Waals surface area contributed by atoms with Gasteiger partial charge in [-0.2, -0.15) is 0 Å². The van der Waals surface area contributed by atoms with Crippen molar-refractivity contribution in [2.24, 2.45) is 34.0 Å². The fourth-order valence-corrected chi connectivity index (χ4v) is 10.7. The predicted molar refractivity (Wildman–Crippen MR) is 214 cm³/mol. The zero-order valence-electron chi connectivity index (χ0n) is 35.2. The summed E-state index contributed by atoms with van der Waals surface area (Å²) in [4.78, 5) is 51.5. The second kappa shape index (κ2) is 17.2. The third-order valence-electron chi connectivity index (χ3n) is 12.4. The van der Waals surface area contributed by atoms with E-state index in [9.17, 15) is 19.2 Å². The van der Waals surface area contributed by atoms with Crippen molar-refractivity contribution in [3.05, 3.63) is 47.5 Å². The molecule has 1 aliphatic heterocycles. The van der Waals surface area contributed by atoms with Gasteiger partial charge in [0.1, 0.15) is 0 Å². The van der Waals surface area contributed by atoms with Crippen LogP contribution in [-0.4, -0.2) is 83.5 Å². The molecule has 318 valence electrons. The lowest BCUT2D eigenvalue weighted by Crippen LogP contribution is -2.65. The standard InChI is InChI=1S/C44H61N3O11/c1-27(57-40(51)47-44-21-30-19-42(4,24-44)23-43(5,20-30)25-44)56-38(49)41(2,3)26-45-13-14-46-39(50)58-34-12-10-29(18-36(34)54-8)16-32-31(22-55-37(32)48)15-28-9-11-33(52-6)35(17-28)53-7/h9-12,17-18,27,30-32,45H,13-16,19-26H2,1-8H3,(H,46,50)(H,47,51)/t27?,30?,31-,32+,42?,43?,44?/m0/s1. The van der Waals surface area contributed by atoms with Gasteiger partial charge < -0.3 is 49.1 Å². The predicted octanol–water partition coefficient (Wildman–Crippen LogP) is 6.36. The average Bonchev–Trinajstić information content (AvgIpc) is 3.47. The molecule has 2 aromatic rings. The summed E-state index contributed by atoms with van der Waals surface area (Å²) in [6.45, 7) is 10.8. The minimum Gasteiger partial charge on any atom is -0.493 e. The third kappa shape index (κ3) is 10.1. The molecule has 0 radical (unpaired) electrons. The van der Waals surface area contributed by atoms with Crippen LogP contribution in [0.1, 0.15) is 84.3 Å². The molecular formula is C44H61N3O11. The number of nitrogens with one attached hydrogen (secondary N) is 3. The molecule has 0 aromatic heterocycles. The summed E-state index contributed by atoms with van der Waals surface area (Å²) in [7, 11) is 4.65. The molecule has 5 atom stereocenters. The Morgan fingerprint density at radius 1 is 0.810 bits per heavy atom. The van der Waals surface area contributed by atoms with Crippen molar-refractivity contribution in [1.82, 2.24) is 16.0 Å². The number of methoxy groups -OCH3 is 3. The largest absolute Gasteiger partial charge is 0.493 e. The molecule has 58 heavy (non-hydrogen) atoms. The lowest BCUT2D eigenvalue weighted by Gasteiger charge is -2.65. The number of cyclic esters (lactones) is 1. The van der Waals surface area contributed by atoms with E-state index in [1.807, 2.05) is 18.2 Å². The Labute approximate surface area is 341 Å². The molecular weight excluding hydrogens is 746 g/mol. The molecule has 14 heteroatoms. The van der Waals surface area contributed by atoms with Crippen molar-refractivity contribution in [2.75, 3.05) is 47.6 Å². The van der Waals surface area contributed by atoms with E-state index < -0.39 is 29.9 Å². The van der Waals surface area contributed by atoms with Gasteiger partial charge in [-0.1, -0.05) is 26.0 Å². The number of alkyl carbamates (subject to hydrolysis) is 1. The highest BCUT2D eigenvalue weighted by Gasteiger charge is 2.60. The summed E-state index contributed by atoms with van der Waals surface area (Å²) in [5, 5.41) is 9.05. The van der Waals surface area contributed by atoms with Crippen LogP contribution in [0.5, 0.6) is 23.0 Å². The summed E-state index contributed by atoms with van der Waals surface area (Å²) >= 11 is 0. The number of hydrogen-bond acceptors (Lipinski definition) is 12. The van der Waals surface area contributed by atoms with E-state index in [1.54, 1.807) is 53.2 Å². The van der Waals surface area contributed by atoms with Crippen molar-refractivity contribution in [3.8, 4) is 23.0 Å². The summed E-state index contributed by atoms with van der Waals surface area (Å²) in [5.74, 6) is 1.28. The van der Waals surface area contributed by atoms with Crippen LogP contribution in [0.2, 0.25) is 0 Å². The molecule has 3 unspecified atom stereocenters. The molecule has 4 aliphatic carbocycles. The summed E-state index contributed by atoms with van der Waals surface area (Å²) in [6, 6.07) is 10.9. The maximum atomic E-state index is 13.0. The number of hydrogen-bond donors (Lipinski definition) is 3. The van der Waals surface area contributed by atoms with Crippen LogP contribution in [0.15, 0.2) is 36.4 Å². The molecule has 1 saturated heterocycles. The van der Waals surface area contributed by atoms with Crippen molar-refractivity contribution < 1.29 is 52.3 Å². The van der Waals surface area contributed by atoms with Gasteiger partial charge in [-0.15, -0.1) is 0 Å². The Morgan fingerprint density at radius 2 is 1.43 bits per heavy atom. The van der Waals surface area contributed by atoms with Gasteiger partial charge in [0.05, 0.1) is 39.3 Å².